The van der Waals surface area contributed by atoms with Crippen LogP contribution >= 0.6 is 0 Å². The van der Waals surface area contributed by atoms with Crippen molar-refractivity contribution < 1.29 is 4.42 Å². The molecule has 0 saturated carbocycles. The van der Waals surface area contributed by atoms with Crippen LogP contribution in [-0.2, 0) is 6.54 Å². The van der Waals surface area contributed by atoms with E-state index in [-0.39, 0.29) is 0 Å². The number of hydrogen-bond donors (Lipinski definition) is 1. The molecule has 0 spiro atoms. The molecule has 0 fully saturated rings. The Bertz CT molecular complexity index is 828. The quantitative estimate of drug-likeness (QED) is 0.747. The van der Waals surface area contributed by atoms with Crippen molar-refractivity contribution in [3.8, 4) is 0 Å². The molecule has 3 aromatic rings. The lowest BCUT2D eigenvalue weighted by Gasteiger charge is -2.08. The van der Waals surface area contributed by atoms with E-state index in [9.17, 15) is 4.79 Å². The number of nitrogen functional groups attached to an aromatic ring is 1. The summed E-state index contributed by atoms with van der Waals surface area (Å²) >= 11 is 0. The summed E-state index contributed by atoms with van der Waals surface area (Å²) in [4.78, 5) is 12.0. The average molecular weight is 286 g/mol. The predicted octanol–water partition coefficient (Wildman–Crippen LogP) is 2.39. The zero-order valence-electron chi connectivity index (χ0n) is 12.1. The minimum atomic E-state index is -0.395. The van der Waals surface area contributed by atoms with Gasteiger partial charge in [-0.1, -0.05) is 6.92 Å². The number of aromatic nitrogens is 3. The Kier molecular flexibility index (Phi) is 3.29. The maximum absolute atomic E-state index is 12.0. The molecular weight excluding hydrogens is 268 g/mol. The lowest BCUT2D eigenvalue weighted by atomic mass is 10.3. The van der Waals surface area contributed by atoms with E-state index >= 15 is 0 Å². The molecule has 0 aliphatic rings. The van der Waals surface area contributed by atoms with E-state index in [0.717, 1.165) is 12.1 Å². The summed E-state index contributed by atoms with van der Waals surface area (Å²) in [7, 11) is 0. The Morgan fingerprint density at radius 3 is 2.95 bits per heavy atom. The minimum absolute atomic E-state index is 0.340. The van der Waals surface area contributed by atoms with Crippen molar-refractivity contribution in [1.82, 2.24) is 14.3 Å². The Balaban J connectivity index is 1.98. The van der Waals surface area contributed by atoms with Gasteiger partial charge < -0.3 is 10.2 Å². The van der Waals surface area contributed by atoms with E-state index in [2.05, 4.69) is 18.9 Å². The van der Waals surface area contributed by atoms with Gasteiger partial charge in [-0.2, -0.15) is 5.10 Å². The lowest BCUT2D eigenvalue weighted by Crippen LogP contribution is -2.15. The SMILES string of the molecule is CCC(C)n1ccc(Cn2c(=O)oc3ccc(N)cc32)n1. The number of nitrogens with zero attached hydrogens (tertiary/aromatic N) is 3. The summed E-state index contributed by atoms with van der Waals surface area (Å²) in [5.74, 6) is -0.395. The second kappa shape index (κ2) is 5.12. The zero-order chi connectivity index (χ0) is 15.0. The molecule has 0 saturated heterocycles. The van der Waals surface area contributed by atoms with Crippen molar-refractivity contribution in [2.24, 2.45) is 0 Å². The van der Waals surface area contributed by atoms with Gasteiger partial charge in [0.25, 0.3) is 0 Å². The summed E-state index contributed by atoms with van der Waals surface area (Å²) in [6.45, 7) is 4.60. The topological polar surface area (TPSA) is 79.0 Å². The summed E-state index contributed by atoms with van der Waals surface area (Å²) in [6, 6.07) is 7.43. The van der Waals surface area contributed by atoms with E-state index in [4.69, 9.17) is 10.2 Å². The number of rotatable bonds is 4. The van der Waals surface area contributed by atoms with E-state index in [1.54, 1.807) is 22.8 Å². The molecule has 0 amide bonds. The van der Waals surface area contributed by atoms with Gasteiger partial charge in [0.05, 0.1) is 17.8 Å². The molecule has 2 aromatic heterocycles. The first-order chi connectivity index (χ1) is 10.1. The second-order valence-corrected chi connectivity index (χ2v) is 5.23. The third kappa shape index (κ3) is 2.44. The van der Waals surface area contributed by atoms with Crippen molar-refractivity contribution in [2.45, 2.75) is 32.9 Å². The molecule has 0 radical (unpaired) electrons. The molecule has 110 valence electrons. The first-order valence-electron chi connectivity index (χ1n) is 7.01. The second-order valence-electron chi connectivity index (χ2n) is 5.23. The van der Waals surface area contributed by atoms with Crippen molar-refractivity contribution in [3.63, 3.8) is 0 Å². The number of oxazole rings is 1. The molecule has 1 atom stereocenters. The van der Waals surface area contributed by atoms with Crippen LogP contribution in [0.5, 0.6) is 0 Å². The summed E-state index contributed by atoms with van der Waals surface area (Å²) < 4.78 is 8.68. The Morgan fingerprint density at radius 1 is 1.38 bits per heavy atom. The van der Waals surface area contributed by atoms with Gasteiger partial charge in [0.2, 0.25) is 0 Å². The van der Waals surface area contributed by atoms with Crippen molar-refractivity contribution in [2.75, 3.05) is 5.73 Å². The van der Waals surface area contributed by atoms with Crippen LogP contribution in [0.3, 0.4) is 0 Å². The number of benzene rings is 1. The van der Waals surface area contributed by atoms with Crippen LogP contribution in [0, 0.1) is 0 Å². The van der Waals surface area contributed by atoms with E-state index in [1.165, 1.54) is 0 Å². The van der Waals surface area contributed by atoms with Crippen LogP contribution in [0.2, 0.25) is 0 Å². The van der Waals surface area contributed by atoms with E-state index < -0.39 is 5.76 Å². The smallest absolute Gasteiger partial charge is 0.408 e. The molecule has 1 unspecified atom stereocenters. The normalized spacial score (nSPS) is 12.9. The third-order valence-electron chi connectivity index (χ3n) is 3.72. The van der Waals surface area contributed by atoms with Crippen LogP contribution in [0.25, 0.3) is 11.1 Å². The summed E-state index contributed by atoms with van der Waals surface area (Å²) in [5.41, 5.74) is 8.43. The van der Waals surface area contributed by atoms with Gasteiger partial charge in [0.1, 0.15) is 0 Å². The van der Waals surface area contributed by atoms with E-state index in [1.807, 2.05) is 16.9 Å². The molecule has 2 N–H and O–H groups in total. The van der Waals surface area contributed by atoms with Crippen LogP contribution in [-0.4, -0.2) is 14.3 Å². The van der Waals surface area contributed by atoms with Crippen LogP contribution in [0.1, 0.15) is 32.0 Å². The third-order valence-corrected chi connectivity index (χ3v) is 3.72. The molecule has 21 heavy (non-hydrogen) atoms. The molecule has 0 aliphatic heterocycles. The zero-order valence-corrected chi connectivity index (χ0v) is 12.1. The highest BCUT2D eigenvalue weighted by atomic mass is 16.4. The molecular formula is C15H18N4O2. The fourth-order valence-corrected chi connectivity index (χ4v) is 2.29. The maximum Gasteiger partial charge on any atom is 0.420 e. The van der Waals surface area contributed by atoms with Gasteiger partial charge in [0.15, 0.2) is 5.58 Å². The summed E-state index contributed by atoms with van der Waals surface area (Å²) in [6.07, 6.45) is 2.94. The first kappa shape index (κ1) is 13.5. The monoisotopic (exact) mass is 286 g/mol. The molecule has 2 heterocycles. The van der Waals surface area contributed by atoms with Gasteiger partial charge in [-0.3, -0.25) is 9.25 Å². The predicted molar refractivity (Wildman–Crippen MR) is 81.2 cm³/mol. The number of nitrogens with two attached hydrogens (primary N) is 1. The Labute approximate surface area is 121 Å². The lowest BCUT2D eigenvalue weighted by molar-refractivity contribution is 0.469. The number of anilines is 1. The average Bonchev–Trinajstić information content (AvgIpc) is 3.05. The molecule has 6 nitrogen and oxygen atoms in total. The first-order valence-corrected chi connectivity index (χ1v) is 7.01. The highest BCUT2D eigenvalue weighted by Crippen LogP contribution is 2.17. The minimum Gasteiger partial charge on any atom is -0.408 e. The van der Waals surface area contributed by atoms with Crippen molar-refractivity contribution in [3.05, 3.63) is 46.7 Å². The Hall–Kier alpha value is -2.50. The van der Waals surface area contributed by atoms with Crippen molar-refractivity contribution >= 4 is 16.8 Å². The molecule has 3 rings (SSSR count). The van der Waals surface area contributed by atoms with Crippen LogP contribution < -0.4 is 11.5 Å². The number of fused-ring (bicyclic) bond motifs is 1. The van der Waals surface area contributed by atoms with Crippen LogP contribution in [0.15, 0.2) is 39.7 Å². The molecule has 6 heteroatoms. The van der Waals surface area contributed by atoms with Crippen LogP contribution in [0.4, 0.5) is 5.69 Å². The highest BCUT2D eigenvalue weighted by molar-refractivity contribution is 5.77. The van der Waals surface area contributed by atoms with Gasteiger partial charge >= 0.3 is 5.76 Å². The fraction of sp³-hybridized carbons (Fsp3) is 0.333. The largest absolute Gasteiger partial charge is 0.420 e. The van der Waals surface area contributed by atoms with Gasteiger partial charge in [0, 0.05) is 17.9 Å². The highest BCUT2D eigenvalue weighted by Gasteiger charge is 2.12. The van der Waals surface area contributed by atoms with Gasteiger partial charge in [-0.25, -0.2) is 4.79 Å². The summed E-state index contributed by atoms with van der Waals surface area (Å²) in [5, 5.41) is 4.51. The van der Waals surface area contributed by atoms with E-state index in [0.29, 0.717) is 29.4 Å². The molecule has 0 aliphatic carbocycles. The van der Waals surface area contributed by atoms with Gasteiger partial charge in [-0.15, -0.1) is 0 Å². The maximum atomic E-state index is 12.0. The fourth-order valence-electron chi connectivity index (χ4n) is 2.29. The Morgan fingerprint density at radius 2 is 2.19 bits per heavy atom. The van der Waals surface area contributed by atoms with Crippen molar-refractivity contribution in [1.29, 1.82) is 0 Å². The van der Waals surface area contributed by atoms with Gasteiger partial charge in [-0.05, 0) is 37.6 Å². The number of hydrogen-bond acceptors (Lipinski definition) is 4. The molecule has 0 bridgehead atoms. The molecule has 1 aromatic carbocycles. The standard InChI is InChI=1S/C15H18N4O2/c1-3-10(2)19-7-6-12(17-19)9-18-13-8-11(16)4-5-14(13)21-15(18)20/h4-8,10H,3,9,16H2,1-2H3.